The lowest BCUT2D eigenvalue weighted by atomic mass is 9.83. The van der Waals surface area contributed by atoms with Crippen LogP contribution < -0.4 is 5.73 Å². The predicted molar refractivity (Wildman–Crippen MR) is 66.8 cm³/mol. The highest BCUT2D eigenvalue weighted by atomic mass is 32.1. The number of hydrogen-bond donors (Lipinski definition) is 1. The van der Waals surface area contributed by atoms with Crippen LogP contribution >= 0.6 is 11.3 Å². The van der Waals surface area contributed by atoms with E-state index in [9.17, 15) is 8.78 Å². The minimum Gasteiger partial charge on any atom is -0.375 e. The van der Waals surface area contributed by atoms with Crippen LogP contribution in [0, 0.1) is 0 Å². The molecule has 0 amide bonds. The summed E-state index contributed by atoms with van der Waals surface area (Å²) in [6, 6.07) is 0. The fourth-order valence-corrected chi connectivity index (χ4v) is 3.30. The molecular formula is C12H18F2N2S. The Morgan fingerprint density at radius 1 is 1.35 bits per heavy atom. The van der Waals surface area contributed by atoms with E-state index < -0.39 is 5.92 Å². The van der Waals surface area contributed by atoms with E-state index in [1.807, 2.05) is 0 Å². The normalized spacial score (nSPS) is 21.0. The number of alkyl halides is 2. The van der Waals surface area contributed by atoms with Crippen molar-refractivity contribution in [2.24, 2.45) is 0 Å². The fourth-order valence-electron chi connectivity index (χ4n) is 2.38. The van der Waals surface area contributed by atoms with Gasteiger partial charge >= 0.3 is 0 Å². The third-order valence-electron chi connectivity index (χ3n) is 3.33. The van der Waals surface area contributed by atoms with E-state index in [0.717, 1.165) is 10.6 Å². The molecule has 5 heteroatoms. The molecule has 0 saturated heterocycles. The quantitative estimate of drug-likeness (QED) is 0.867. The number of halogens is 2. The van der Waals surface area contributed by atoms with Crippen molar-refractivity contribution >= 4 is 16.5 Å². The highest BCUT2D eigenvalue weighted by Gasteiger charge is 2.37. The zero-order valence-electron chi connectivity index (χ0n) is 10.2. The van der Waals surface area contributed by atoms with Gasteiger partial charge in [0.15, 0.2) is 5.13 Å². The van der Waals surface area contributed by atoms with Crippen LogP contribution in [0.5, 0.6) is 0 Å². The second-order valence-electron chi connectivity index (χ2n) is 5.09. The molecule has 1 aliphatic rings. The van der Waals surface area contributed by atoms with Crippen LogP contribution in [0.3, 0.4) is 0 Å². The Kier molecular flexibility index (Phi) is 3.39. The maximum atomic E-state index is 13.1. The Hall–Kier alpha value is -0.710. The van der Waals surface area contributed by atoms with Crippen molar-refractivity contribution in [1.82, 2.24) is 4.98 Å². The largest absolute Gasteiger partial charge is 0.375 e. The molecule has 0 unspecified atom stereocenters. The number of hydrogen-bond acceptors (Lipinski definition) is 3. The van der Waals surface area contributed by atoms with Crippen LogP contribution in [-0.4, -0.2) is 10.9 Å². The van der Waals surface area contributed by atoms with Gasteiger partial charge in [0.2, 0.25) is 5.92 Å². The second kappa shape index (κ2) is 4.52. The van der Waals surface area contributed by atoms with E-state index in [0.29, 0.717) is 23.9 Å². The van der Waals surface area contributed by atoms with Gasteiger partial charge in [-0.15, -0.1) is 11.3 Å². The molecule has 0 aromatic carbocycles. The molecule has 0 radical (unpaired) electrons. The van der Waals surface area contributed by atoms with E-state index in [1.54, 1.807) is 0 Å². The van der Waals surface area contributed by atoms with E-state index in [1.165, 1.54) is 11.3 Å². The van der Waals surface area contributed by atoms with Crippen LogP contribution in [0.2, 0.25) is 0 Å². The smallest absolute Gasteiger partial charge is 0.248 e. The van der Waals surface area contributed by atoms with Gasteiger partial charge in [0.25, 0.3) is 0 Å². The predicted octanol–water partition coefficient (Wildman–Crippen LogP) is 4.14. The zero-order valence-corrected chi connectivity index (χ0v) is 11.0. The third kappa shape index (κ3) is 2.76. The third-order valence-corrected chi connectivity index (χ3v) is 4.53. The Morgan fingerprint density at radius 3 is 2.47 bits per heavy atom. The Balaban J connectivity index is 2.18. The van der Waals surface area contributed by atoms with E-state index >= 15 is 0 Å². The summed E-state index contributed by atoms with van der Waals surface area (Å²) in [5.74, 6) is -1.95. The van der Waals surface area contributed by atoms with Gasteiger partial charge in [-0.2, -0.15) is 0 Å². The van der Waals surface area contributed by atoms with E-state index in [-0.39, 0.29) is 18.8 Å². The highest BCUT2D eigenvalue weighted by Crippen LogP contribution is 2.44. The summed E-state index contributed by atoms with van der Waals surface area (Å²) in [4.78, 5) is 5.52. The van der Waals surface area contributed by atoms with Crippen LogP contribution in [0.25, 0.3) is 0 Å². The molecule has 1 aliphatic carbocycles. The summed E-state index contributed by atoms with van der Waals surface area (Å²) < 4.78 is 26.2. The molecule has 1 saturated carbocycles. The molecule has 96 valence electrons. The summed E-state index contributed by atoms with van der Waals surface area (Å²) in [7, 11) is 0. The van der Waals surface area contributed by atoms with Gasteiger partial charge in [0.1, 0.15) is 0 Å². The number of rotatable bonds is 2. The first-order valence-electron chi connectivity index (χ1n) is 6.03. The molecular weight excluding hydrogens is 242 g/mol. The van der Waals surface area contributed by atoms with Gasteiger partial charge in [-0.25, -0.2) is 13.8 Å². The number of aromatic nitrogens is 1. The van der Waals surface area contributed by atoms with Gasteiger partial charge in [-0.05, 0) is 18.8 Å². The minimum atomic E-state index is -2.48. The standard InChI is InChI=1S/C12H18F2N2S/c1-7(2)10-9(16-11(15)17-10)8-3-5-12(13,14)6-4-8/h7-8H,3-6H2,1-2H3,(H2,15,16). The fraction of sp³-hybridized carbons (Fsp3) is 0.750. The summed E-state index contributed by atoms with van der Waals surface area (Å²) in [6.45, 7) is 4.18. The molecule has 0 aliphatic heterocycles. The first-order chi connectivity index (χ1) is 7.89. The van der Waals surface area contributed by atoms with Crippen LogP contribution in [-0.2, 0) is 0 Å². The summed E-state index contributed by atoms with van der Waals surface area (Å²) in [6.07, 6.45) is 1.01. The number of nitrogen functional groups attached to an aromatic ring is 1. The summed E-state index contributed by atoms with van der Waals surface area (Å²) >= 11 is 1.50. The highest BCUT2D eigenvalue weighted by molar-refractivity contribution is 7.15. The van der Waals surface area contributed by atoms with Crippen molar-refractivity contribution in [3.63, 3.8) is 0 Å². The summed E-state index contributed by atoms with van der Waals surface area (Å²) in [5, 5.41) is 0.557. The van der Waals surface area contributed by atoms with Crippen LogP contribution in [0.15, 0.2) is 0 Å². The molecule has 2 N–H and O–H groups in total. The van der Waals surface area contributed by atoms with Crippen LogP contribution in [0.4, 0.5) is 13.9 Å². The van der Waals surface area contributed by atoms with Crippen molar-refractivity contribution in [2.75, 3.05) is 5.73 Å². The molecule has 1 aromatic rings. The van der Waals surface area contributed by atoms with Gasteiger partial charge in [-0.3, -0.25) is 0 Å². The molecule has 2 nitrogen and oxygen atoms in total. The van der Waals surface area contributed by atoms with Gasteiger partial charge in [-0.1, -0.05) is 13.8 Å². The molecule has 0 atom stereocenters. The maximum Gasteiger partial charge on any atom is 0.248 e. The van der Waals surface area contributed by atoms with Gasteiger partial charge < -0.3 is 5.73 Å². The topological polar surface area (TPSA) is 38.9 Å². The first-order valence-corrected chi connectivity index (χ1v) is 6.84. The lowest BCUT2D eigenvalue weighted by molar-refractivity contribution is -0.0385. The maximum absolute atomic E-state index is 13.1. The Morgan fingerprint density at radius 2 is 1.94 bits per heavy atom. The second-order valence-corrected chi connectivity index (χ2v) is 6.15. The van der Waals surface area contributed by atoms with Crippen molar-refractivity contribution in [3.05, 3.63) is 10.6 Å². The van der Waals surface area contributed by atoms with Crippen molar-refractivity contribution in [1.29, 1.82) is 0 Å². The minimum absolute atomic E-state index is 0.0212. The van der Waals surface area contributed by atoms with Crippen molar-refractivity contribution < 1.29 is 8.78 Å². The van der Waals surface area contributed by atoms with Crippen LogP contribution in [0.1, 0.15) is 61.9 Å². The molecule has 0 spiro atoms. The molecule has 1 fully saturated rings. The zero-order chi connectivity index (χ0) is 12.6. The SMILES string of the molecule is CC(C)c1sc(N)nc1C1CCC(F)(F)CC1. The Labute approximate surface area is 104 Å². The monoisotopic (exact) mass is 260 g/mol. The molecule has 17 heavy (non-hydrogen) atoms. The van der Waals surface area contributed by atoms with Crippen molar-refractivity contribution in [3.8, 4) is 0 Å². The van der Waals surface area contributed by atoms with Gasteiger partial charge in [0.05, 0.1) is 5.69 Å². The lowest BCUT2D eigenvalue weighted by Gasteiger charge is -2.28. The van der Waals surface area contributed by atoms with Gasteiger partial charge in [0, 0.05) is 23.6 Å². The molecule has 1 aromatic heterocycles. The number of nitrogens with two attached hydrogens (primary N) is 1. The first kappa shape index (κ1) is 12.7. The molecule has 2 rings (SSSR count). The molecule has 0 bridgehead atoms. The average Bonchev–Trinajstić information content (AvgIpc) is 2.60. The average molecular weight is 260 g/mol. The summed E-state index contributed by atoms with van der Waals surface area (Å²) in [5.41, 5.74) is 6.71. The lowest BCUT2D eigenvalue weighted by Crippen LogP contribution is -2.24. The number of anilines is 1. The number of thiazole rings is 1. The van der Waals surface area contributed by atoms with Crippen molar-refractivity contribution in [2.45, 2.75) is 57.3 Å². The van der Waals surface area contributed by atoms with E-state index in [2.05, 4.69) is 18.8 Å². The number of nitrogens with zero attached hydrogens (tertiary/aromatic N) is 1. The van der Waals surface area contributed by atoms with E-state index in [4.69, 9.17) is 5.73 Å². The Bertz CT molecular complexity index is 391. The molecule has 1 heterocycles.